The number of fused-ring (bicyclic) bond motifs is 1. The van der Waals surface area contributed by atoms with E-state index in [9.17, 15) is 15.4 Å². The third kappa shape index (κ3) is 2.42. The van der Waals surface area contributed by atoms with E-state index in [2.05, 4.69) is 6.07 Å². The van der Waals surface area contributed by atoms with E-state index in [0.717, 1.165) is 5.56 Å². The molecule has 2 aromatic carbocycles. The summed E-state index contributed by atoms with van der Waals surface area (Å²) in [6.07, 6.45) is 0. The number of non-ortho nitro benzene ring substituents is 1. The highest BCUT2D eigenvalue weighted by Crippen LogP contribution is 2.42. The fourth-order valence-electron chi connectivity index (χ4n) is 2.60. The molecule has 0 saturated carbocycles. The van der Waals surface area contributed by atoms with E-state index in [1.54, 1.807) is 30.3 Å². The average Bonchev–Trinajstić information content (AvgIpc) is 2.53. The van der Waals surface area contributed by atoms with Gasteiger partial charge in [0.05, 0.1) is 10.8 Å². The van der Waals surface area contributed by atoms with Crippen LogP contribution in [0.5, 0.6) is 5.75 Å². The number of allylic oxidation sites excluding steroid dienone is 1. The van der Waals surface area contributed by atoms with E-state index in [0.29, 0.717) is 17.0 Å². The highest BCUT2D eigenvalue weighted by molar-refractivity contribution is 5.59. The van der Waals surface area contributed by atoms with Crippen LogP contribution in [0.25, 0.3) is 0 Å². The summed E-state index contributed by atoms with van der Waals surface area (Å²) in [5.41, 5.74) is 13.8. The third-order valence-corrected chi connectivity index (χ3v) is 3.68. The van der Waals surface area contributed by atoms with Crippen molar-refractivity contribution in [2.45, 2.75) is 5.92 Å². The first-order valence-corrected chi connectivity index (χ1v) is 6.72. The van der Waals surface area contributed by atoms with E-state index in [1.807, 2.05) is 0 Å². The Kier molecular flexibility index (Phi) is 3.35. The molecule has 1 heterocycles. The lowest BCUT2D eigenvalue weighted by Gasteiger charge is -2.26. The van der Waals surface area contributed by atoms with Crippen molar-refractivity contribution in [1.29, 1.82) is 5.26 Å². The van der Waals surface area contributed by atoms with Gasteiger partial charge < -0.3 is 16.2 Å². The first-order valence-electron chi connectivity index (χ1n) is 6.72. The molecule has 0 aliphatic carbocycles. The number of rotatable bonds is 2. The number of nitro benzene ring substituents is 1. The van der Waals surface area contributed by atoms with Crippen LogP contribution in [-0.2, 0) is 0 Å². The molecular weight excluding hydrogens is 296 g/mol. The molecule has 1 aliphatic heterocycles. The minimum atomic E-state index is -0.474. The number of nitro groups is 1. The van der Waals surface area contributed by atoms with Crippen LogP contribution in [0.2, 0.25) is 0 Å². The largest absolute Gasteiger partial charge is 0.440 e. The van der Waals surface area contributed by atoms with Gasteiger partial charge in [-0.1, -0.05) is 18.2 Å². The van der Waals surface area contributed by atoms with Crippen LogP contribution in [0.15, 0.2) is 53.9 Å². The molecule has 1 aliphatic rings. The second-order valence-corrected chi connectivity index (χ2v) is 5.07. The molecule has 0 spiro atoms. The van der Waals surface area contributed by atoms with Crippen molar-refractivity contribution in [2.75, 3.05) is 5.73 Å². The highest BCUT2D eigenvalue weighted by atomic mass is 16.6. The molecule has 0 unspecified atom stereocenters. The molecule has 0 fully saturated rings. The van der Waals surface area contributed by atoms with Crippen molar-refractivity contribution in [3.05, 3.63) is 75.2 Å². The lowest BCUT2D eigenvalue weighted by atomic mass is 9.83. The van der Waals surface area contributed by atoms with Gasteiger partial charge in [0.1, 0.15) is 17.4 Å². The average molecular weight is 308 g/mol. The molecule has 4 N–H and O–H groups in total. The second kappa shape index (κ2) is 5.35. The highest BCUT2D eigenvalue weighted by Gasteiger charge is 2.30. The summed E-state index contributed by atoms with van der Waals surface area (Å²) in [5.74, 6) is 0.0314. The molecular formula is C16H12N4O3. The predicted octanol–water partition coefficient (Wildman–Crippen LogP) is 2.40. The summed E-state index contributed by atoms with van der Waals surface area (Å²) in [5, 5.41) is 20.2. The zero-order chi connectivity index (χ0) is 16.6. The number of anilines is 1. The maximum Gasteiger partial charge on any atom is 0.269 e. The first kappa shape index (κ1) is 14.4. The molecule has 0 amide bonds. The summed E-state index contributed by atoms with van der Waals surface area (Å²) < 4.78 is 5.48. The lowest BCUT2D eigenvalue weighted by molar-refractivity contribution is -0.384. The van der Waals surface area contributed by atoms with Gasteiger partial charge in [0.15, 0.2) is 0 Å². The monoisotopic (exact) mass is 308 g/mol. The normalized spacial score (nSPS) is 16.2. The summed E-state index contributed by atoms with van der Waals surface area (Å²) in [4.78, 5) is 10.3. The molecule has 0 saturated heterocycles. The van der Waals surface area contributed by atoms with Crippen molar-refractivity contribution in [1.82, 2.24) is 0 Å². The fraction of sp³-hybridized carbons (Fsp3) is 0.0625. The quantitative estimate of drug-likeness (QED) is 0.498. The fourth-order valence-corrected chi connectivity index (χ4v) is 2.60. The zero-order valence-electron chi connectivity index (χ0n) is 11.9. The number of hydrogen-bond donors (Lipinski definition) is 2. The van der Waals surface area contributed by atoms with Crippen molar-refractivity contribution < 1.29 is 9.66 Å². The van der Waals surface area contributed by atoms with Gasteiger partial charge in [0, 0.05) is 29.4 Å². The van der Waals surface area contributed by atoms with Crippen LogP contribution < -0.4 is 16.2 Å². The SMILES string of the molecule is N#CC1=C(N)Oc2cc(N)ccc2[C@H]1c1ccc([N+](=O)[O-])cc1. The van der Waals surface area contributed by atoms with Crippen molar-refractivity contribution in [3.8, 4) is 11.8 Å². The maximum absolute atomic E-state index is 10.8. The predicted molar refractivity (Wildman–Crippen MR) is 83.2 cm³/mol. The van der Waals surface area contributed by atoms with Crippen LogP contribution in [0.1, 0.15) is 17.0 Å². The second-order valence-electron chi connectivity index (χ2n) is 5.07. The Hall–Kier alpha value is -3.53. The van der Waals surface area contributed by atoms with Crippen LogP contribution in [0.4, 0.5) is 11.4 Å². The first-order chi connectivity index (χ1) is 11.0. The summed E-state index contributed by atoms with van der Waals surface area (Å²) in [7, 11) is 0. The van der Waals surface area contributed by atoms with Gasteiger partial charge in [-0.15, -0.1) is 0 Å². The van der Waals surface area contributed by atoms with E-state index < -0.39 is 10.8 Å². The minimum absolute atomic E-state index is 0.00829. The molecule has 0 radical (unpaired) electrons. The smallest absolute Gasteiger partial charge is 0.269 e. The van der Waals surface area contributed by atoms with E-state index in [4.69, 9.17) is 16.2 Å². The van der Waals surface area contributed by atoms with Gasteiger partial charge in [-0.05, 0) is 11.6 Å². The maximum atomic E-state index is 10.8. The summed E-state index contributed by atoms with van der Waals surface area (Å²) in [6, 6.07) is 13.2. The van der Waals surface area contributed by atoms with Crippen molar-refractivity contribution >= 4 is 11.4 Å². The Bertz CT molecular complexity index is 866. The molecule has 23 heavy (non-hydrogen) atoms. The molecule has 0 bridgehead atoms. The Morgan fingerprint density at radius 3 is 2.48 bits per heavy atom. The Labute approximate surface area is 131 Å². The van der Waals surface area contributed by atoms with Gasteiger partial charge in [-0.2, -0.15) is 5.26 Å². The molecule has 2 aromatic rings. The Morgan fingerprint density at radius 2 is 1.87 bits per heavy atom. The van der Waals surface area contributed by atoms with Crippen LogP contribution in [0, 0.1) is 21.4 Å². The van der Waals surface area contributed by atoms with E-state index >= 15 is 0 Å². The topological polar surface area (TPSA) is 128 Å². The van der Waals surface area contributed by atoms with Crippen molar-refractivity contribution in [3.63, 3.8) is 0 Å². The summed E-state index contributed by atoms with van der Waals surface area (Å²) in [6.45, 7) is 0. The third-order valence-electron chi connectivity index (χ3n) is 3.68. The van der Waals surface area contributed by atoms with E-state index in [-0.39, 0.29) is 17.1 Å². The standard InChI is InChI=1S/C16H12N4O3/c17-8-13-15(9-1-4-11(5-2-9)20(21)22)12-6-3-10(18)7-14(12)23-16(13)19/h1-7,15H,18-19H2/t15-/m1/s1. The molecule has 7 heteroatoms. The number of benzene rings is 2. The van der Waals surface area contributed by atoms with Crippen LogP contribution in [-0.4, -0.2) is 4.92 Å². The number of nitrogens with two attached hydrogens (primary N) is 2. The molecule has 1 atom stereocenters. The molecule has 0 aromatic heterocycles. The number of ether oxygens (including phenoxy) is 1. The van der Waals surface area contributed by atoms with Crippen molar-refractivity contribution in [2.24, 2.45) is 5.73 Å². The summed E-state index contributed by atoms with van der Waals surface area (Å²) >= 11 is 0. The van der Waals surface area contributed by atoms with Gasteiger partial charge >= 0.3 is 0 Å². The van der Waals surface area contributed by atoms with Gasteiger partial charge in [-0.3, -0.25) is 10.1 Å². The Morgan fingerprint density at radius 1 is 1.17 bits per heavy atom. The number of hydrogen-bond acceptors (Lipinski definition) is 6. The van der Waals surface area contributed by atoms with Crippen LogP contribution >= 0.6 is 0 Å². The zero-order valence-corrected chi connectivity index (χ0v) is 11.9. The van der Waals surface area contributed by atoms with Gasteiger partial charge in [-0.25, -0.2) is 0 Å². The molecule has 7 nitrogen and oxygen atoms in total. The lowest BCUT2D eigenvalue weighted by Crippen LogP contribution is -2.21. The molecule has 3 rings (SSSR count). The van der Waals surface area contributed by atoms with Gasteiger partial charge in [0.25, 0.3) is 5.69 Å². The van der Waals surface area contributed by atoms with Crippen LogP contribution in [0.3, 0.4) is 0 Å². The molecule has 114 valence electrons. The van der Waals surface area contributed by atoms with Gasteiger partial charge in [0.2, 0.25) is 5.88 Å². The van der Waals surface area contributed by atoms with E-state index in [1.165, 1.54) is 12.1 Å². The number of nitrogen functional groups attached to an aromatic ring is 1. The number of nitrogens with zero attached hydrogens (tertiary/aromatic N) is 2. The number of nitriles is 1. The Balaban J connectivity index is 2.16. The minimum Gasteiger partial charge on any atom is -0.440 e.